The van der Waals surface area contributed by atoms with Crippen molar-refractivity contribution in [2.45, 2.75) is 97.4 Å². The van der Waals surface area contributed by atoms with Gasteiger partial charge in [0, 0.05) is 11.1 Å². The van der Waals surface area contributed by atoms with Crippen molar-refractivity contribution < 1.29 is 18.9 Å². The van der Waals surface area contributed by atoms with E-state index in [0.29, 0.717) is 29.2 Å². The van der Waals surface area contributed by atoms with Gasteiger partial charge in [-0.3, -0.25) is 9.59 Å². The van der Waals surface area contributed by atoms with Crippen molar-refractivity contribution in [3.63, 3.8) is 0 Å². The molecule has 0 saturated heterocycles. The number of hydrogen-bond donors (Lipinski definition) is 1. The number of Topliss-reactive ketones (excluding diaryl/α,β-unsaturated/α-hetero) is 1. The van der Waals surface area contributed by atoms with E-state index in [4.69, 9.17) is 4.74 Å². The number of para-hydroxylation sites is 1. The van der Waals surface area contributed by atoms with Crippen LogP contribution < -0.4 is 14.6 Å². The molecular formula is C33H45N2O3S+. The third kappa shape index (κ3) is 11.0. The molecule has 6 heteroatoms. The summed E-state index contributed by atoms with van der Waals surface area (Å²) in [5.74, 6) is 0.165. The maximum absolute atomic E-state index is 13.0. The molecule has 210 valence electrons. The zero-order chi connectivity index (χ0) is 27.7. The molecule has 0 bridgehead atoms. The fourth-order valence-electron chi connectivity index (χ4n) is 4.70. The Morgan fingerprint density at radius 1 is 0.846 bits per heavy atom. The van der Waals surface area contributed by atoms with Crippen LogP contribution in [0, 0.1) is 0 Å². The molecule has 0 saturated carbocycles. The molecule has 3 rings (SSSR count). The fraction of sp³-hybridized carbons (Fsp3) is 0.485. The Labute approximate surface area is 238 Å². The molecule has 1 heterocycles. The Kier molecular flexibility index (Phi) is 13.8. The van der Waals surface area contributed by atoms with Gasteiger partial charge in [0.15, 0.2) is 24.3 Å². The molecule has 0 aliphatic rings. The second-order valence-electron chi connectivity index (χ2n) is 10.3. The molecule has 0 spiro atoms. The van der Waals surface area contributed by atoms with Gasteiger partial charge in [-0.1, -0.05) is 107 Å². The van der Waals surface area contributed by atoms with E-state index < -0.39 is 0 Å². The van der Waals surface area contributed by atoms with Crippen LogP contribution in [-0.2, 0) is 6.54 Å². The number of aromatic nitrogens is 1. The van der Waals surface area contributed by atoms with Gasteiger partial charge in [-0.15, -0.1) is 0 Å². The number of carbonyl (C=O) groups is 2. The molecule has 1 aromatic heterocycles. The number of anilines is 1. The Balaban J connectivity index is 1.44. The van der Waals surface area contributed by atoms with Gasteiger partial charge in [0.1, 0.15) is 0 Å². The quantitative estimate of drug-likeness (QED) is 0.0925. The molecule has 0 fully saturated rings. The number of rotatable bonds is 19. The summed E-state index contributed by atoms with van der Waals surface area (Å²) in [5.41, 5.74) is 4.77. The van der Waals surface area contributed by atoms with E-state index in [9.17, 15) is 9.59 Å². The van der Waals surface area contributed by atoms with Gasteiger partial charge >= 0.3 is 0 Å². The zero-order valence-electron chi connectivity index (χ0n) is 23.8. The van der Waals surface area contributed by atoms with Crippen LogP contribution in [0.2, 0.25) is 0 Å². The first-order chi connectivity index (χ1) is 19.1. The second kappa shape index (κ2) is 17.6. The lowest BCUT2D eigenvalue weighted by Crippen LogP contribution is -2.30. The van der Waals surface area contributed by atoms with Gasteiger partial charge in [0.05, 0.1) is 23.2 Å². The van der Waals surface area contributed by atoms with E-state index in [2.05, 4.69) is 22.3 Å². The Morgan fingerprint density at radius 3 is 2.08 bits per heavy atom. The van der Waals surface area contributed by atoms with Crippen LogP contribution in [-0.4, -0.2) is 18.3 Å². The van der Waals surface area contributed by atoms with Crippen LogP contribution in [0.3, 0.4) is 0 Å². The summed E-state index contributed by atoms with van der Waals surface area (Å²) in [6, 6.07) is 12.9. The van der Waals surface area contributed by atoms with E-state index in [0.717, 1.165) is 24.9 Å². The standard InChI is InChI=1S/C33H44N2O3S/c1-3-4-5-6-7-8-9-10-11-12-13-14-23-38-32-30(27(2)36)16-15-17-31(32)34-33(37)29-20-18-28(19-21-29)25-35-22-24-39-26-35/h15-22,24,26H,3-14,23,25H2,1-2H3/p+1. The van der Waals surface area contributed by atoms with Gasteiger partial charge in [-0.2, -0.15) is 4.57 Å². The van der Waals surface area contributed by atoms with E-state index in [-0.39, 0.29) is 11.7 Å². The van der Waals surface area contributed by atoms with Crippen molar-refractivity contribution >= 4 is 28.7 Å². The molecule has 0 aliphatic carbocycles. The lowest BCUT2D eigenvalue weighted by Gasteiger charge is -2.15. The van der Waals surface area contributed by atoms with Crippen molar-refractivity contribution in [1.82, 2.24) is 0 Å². The number of ketones is 1. The number of hydrogen-bond acceptors (Lipinski definition) is 4. The predicted octanol–water partition coefficient (Wildman–Crippen LogP) is 8.62. The minimum atomic E-state index is -0.222. The summed E-state index contributed by atoms with van der Waals surface area (Å²) >= 11 is 1.65. The van der Waals surface area contributed by atoms with Crippen LogP contribution in [0.4, 0.5) is 5.69 Å². The van der Waals surface area contributed by atoms with E-state index in [1.54, 1.807) is 29.5 Å². The van der Waals surface area contributed by atoms with Gasteiger partial charge in [-0.05, 0) is 37.6 Å². The highest BCUT2D eigenvalue weighted by Gasteiger charge is 2.16. The molecule has 39 heavy (non-hydrogen) atoms. The molecular weight excluding hydrogens is 504 g/mol. The van der Waals surface area contributed by atoms with Crippen molar-refractivity contribution in [2.24, 2.45) is 0 Å². The van der Waals surface area contributed by atoms with Crippen LogP contribution in [0.25, 0.3) is 0 Å². The first-order valence-corrected chi connectivity index (χ1v) is 15.6. The molecule has 0 atom stereocenters. The Bertz CT molecular complexity index is 1130. The normalized spacial score (nSPS) is 10.9. The summed E-state index contributed by atoms with van der Waals surface area (Å²) in [6.07, 6.45) is 17.4. The first-order valence-electron chi connectivity index (χ1n) is 14.7. The highest BCUT2D eigenvalue weighted by atomic mass is 32.1. The average Bonchev–Trinajstić information content (AvgIpc) is 3.45. The molecule has 1 amide bonds. The molecule has 5 nitrogen and oxygen atoms in total. The minimum Gasteiger partial charge on any atom is -0.491 e. The average molecular weight is 550 g/mol. The van der Waals surface area contributed by atoms with Gasteiger partial charge in [-0.25, -0.2) is 0 Å². The highest BCUT2D eigenvalue weighted by Crippen LogP contribution is 2.30. The smallest absolute Gasteiger partial charge is 0.255 e. The van der Waals surface area contributed by atoms with Gasteiger partial charge < -0.3 is 10.1 Å². The number of nitrogens with one attached hydrogen (secondary N) is 1. The number of ether oxygens (including phenoxy) is 1. The number of amides is 1. The molecule has 3 aromatic rings. The monoisotopic (exact) mass is 549 g/mol. The number of thiazole rings is 1. The van der Waals surface area contributed by atoms with E-state index >= 15 is 0 Å². The largest absolute Gasteiger partial charge is 0.491 e. The summed E-state index contributed by atoms with van der Waals surface area (Å²) < 4.78 is 8.20. The predicted molar refractivity (Wildman–Crippen MR) is 161 cm³/mol. The van der Waals surface area contributed by atoms with Crippen molar-refractivity contribution in [3.05, 3.63) is 76.2 Å². The number of carbonyl (C=O) groups excluding carboxylic acids is 2. The molecule has 0 radical (unpaired) electrons. The summed E-state index contributed by atoms with van der Waals surface area (Å²) in [5, 5.41) is 5.00. The van der Waals surface area contributed by atoms with Crippen LogP contribution >= 0.6 is 11.3 Å². The topological polar surface area (TPSA) is 59.3 Å². The SMILES string of the molecule is CCCCCCCCCCCCCCOc1c(NC(=O)c2ccc(C[n+]3ccsc3)cc2)cccc1C(C)=O. The summed E-state index contributed by atoms with van der Waals surface area (Å²) in [7, 11) is 0. The lowest BCUT2D eigenvalue weighted by atomic mass is 10.1. The van der Waals surface area contributed by atoms with E-state index in [1.165, 1.54) is 71.1 Å². The van der Waals surface area contributed by atoms with Crippen LogP contribution in [0.1, 0.15) is 117 Å². The number of unbranched alkanes of at least 4 members (excludes halogenated alkanes) is 11. The van der Waals surface area contributed by atoms with Gasteiger partial charge in [0.2, 0.25) is 5.51 Å². The number of benzene rings is 2. The number of nitrogens with zero attached hydrogens (tertiary/aromatic N) is 1. The molecule has 1 N–H and O–H groups in total. The summed E-state index contributed by atoms with van der Waals surface area (Å²) in [6.45, 7) is 5.09. The Hall–Kier alpha value is -2.99. The molecule has 0 aliphatic heterocycles. The molecule has 0 unspecified atom stereocenters. The lowest BCUT2D eigenvalue weighted by molar-refractivity contribution is -0.683. The van der Waals surface area contributed by atoms with Crippen LogP contribution in [0.15, 0.2) is 59.6 Å². The summed E-state index contributed by atoms with van der Waals surface area (Å²) in [4.78, 5) is 25.3. The van der Waals surface area contributed by atoms with E-state index in [1.807, 2.05) is 35.8 Å². The fourth-order valence-corrected chi connectivity index (χ4v) is 5.30. The third-order valence-electron chi connectivity index (χ3n) is 7.00. The second-order valence-corrected chi connectivity index (χ2v) is 11.1. The van der Waals surface area contributed by atoms with Gasteiger partial charge in [0.25, 0.3) is 5.91 Å². The maximum Gasteiger partial charge on any atom is 0.255 e. The third-order valence-corrected chi connectivity index (χ3v) is 7.67. The minimum absolute atomic E-state index is 0.0777. The van der Waals surface area contributed by atoms with Crippen molar-refractivity contribution in [3.8, 4) is 5.75 Å². The zero-order valence-corrected chi connectivity index (χ0v) is 24.6. The maximum atomic E-state index is 13.0. The van der Waals surface area contributed by atoms with Crippen molar-refractivity contribution in [1.29, 1.82) is 0 Å². The highest BCUT2D eigenvalue weighted by molar-refractivity contribution is 7.07. The first kappa shape index (κ1) is 30.6. The van der Waals surface area contributed by atoms with Crippen molar-refractivity contribution in [2.75, 3.05) is 11.9 Å². The Morgan fingerprint density at radius 2 is 1.49 bits per heavy atom. The van der Waals surface area contributed by atoms with Crippen LogP contribution in [0.5, 0.6) is 5.75 Å². The molecule has 2 aromatic carbocycles.